The number of carbonyl (C=O) groups excluding carboxylic acids is 1. The molecule has 1 fully saturated rings. The quantitative estimate of drug-likeness (QED) is 0.401. The number of methoxy groups -OCH3 is 1. The molecule has 1 heterocycles. The summed E-state index contributed by atoms with van der Waals surface area (Å²) in [5.41, 5.74) is 0. The van der Waals surface area contributed by atoms with E-state index in [2.05, 4.69) is 5.32 Å². The van der Waals surface area contributed by atoms with E-state index in [1.165, 1.54) is 0 Å². The van der Waals surface area contributed by atoms with Crippen molar-refractivity contribution in [1.82, 2.24) is 5.32 Å². The molecule has 7 nitrogen and oxygen atoms in total. The standard InChI is InChI=1S/C14H27NO6/c1-17-6-7-18-8-9-19-10-11-20-14(16)12-21-13-2-4-15-5-3-13/h13,15H,2-12H2,1H3. The molecule has 1 saturated heterocycles. The van der Waals surface area contributed by atoms with Gasteiger partial charge in [-0.05, 0) is 25.9 Å². The SMILES string of the molecule is COCCOCCOCCOC(=O)COC1CCNCC1. The van der Waals surface area contributed by atoms with Crippen molar-refractivity contribution in [3.63, 3.8) is 0 Å². The average molecular weight is 305 g/mol. The van der Waals surface area contributed by atoms with Crippen LogP contribution in [-0.4, -0.2) is 78.5 Å². The van der Waals surface area contributed by atoms with Crippen LogP contribution in [0.4, 0.5) is 0 Å². The lowest BCUT2D eigenvalue weighted by atomic mass is 10.1. The van der Waals surface area contributed by atoms with Gasteiger partial charge in [0.05, 0.1) is 39.1 Å². The average Bonchev–Trinajstić information content (AvgIpc) is 2.52. The first-order valence-corrected chi connectivity index (χ1v) is 7.45. The van der Waals surface area contributed by atoms with Gasteiger partial charge in [0, 0.05) is 7.11 Å². The molecule has 0 aliphatic carbocycles. The summed E-state index contributed by atoms with van der Waals surface area (Å²) in [6.45, 7) is 4.64. The predicted octanol–water partition coefficient (Wildman–Crippen LogP) is -0.0222. The molecule has 21 heavy (non-hydrogen) atoms. The van der Waals surface area contributed by atoms with E-state index >= 15 is 0 Å². The summed E-state index contributed by atoms with van der Waals surface area (Å²) in [6, 6.07) is 0. The van der Waals surface area contributed by atoms with E-state index < -0.39 is 0 Å². The van der Waals surface area contributed by atoms with Gasteiger partial charge in [0.25, 0.3) is 0 Å². The van der Waals surface area contributed by atoms with Crippen LogP contribution in [0.3, 0.4) is 0 Å². The predicted molar refractivity (Wildman–Crippen MR) is 76.3 cm³/mol. The van der Waals surface area contributed by atoms with Gasteiger partial charge in [-0.2, -0.15) is 0 Å². The lowest BCUT2D eigenvalue weighted by molar-refractivity contribution is -0.153. The Labute approximate surface area is 126 Å². The molecule has 0 aromatic heterocycles. The molecule has 1 N–H and O–H groups in total. The first-order valence-electron chi connectivity index (χ1n) is 7.45. The summed E-state index contributed by atoms with van der Waals surface area (Å²) in [4.78, 5) is 11.4. The topological polar surface area (TPSA) is 75.2 Å². The Morgan fingerprint density at radius 1 is 1.00 bits per heavy atom. The maximum Gasteiger partial charge on any atom is 0.332 e. The molecule has 0 atom stereocenters. The van der Waals surface area contributed by atoms with Crippen molar-refractivity contribution >= 4 is 5.97 Å². The molecule has 0 aromatic carbocycles. The molecule has 0 unspecified atom stereocenters. The number of rotatable bonds is 12. The van der Waals surface area contributed by atoms with Crippen LogP contribution in [-0.2, 0) is 28.5 Å². The van der Waals surface area contributed by atoms with Crippen molar-refractivity contribution in [1.29, 1.82) is 0 Å². The van der Waals surface area contributed by atoms with Gasteiger partial charge in [0.2, 0.25) is 0 Å². The molecule has 0 aromatic rings. The monoisotopic (exact) mass is 305 g/mol. The largest absolute Gasteiger partial charge is 0.462 e. The van der Waals surface area contributed by atoms with E-state index in [0.29, 0.717) is 33.0 Å². The molecule has 124 valence electrons. The van der Waals surface area contributed by atoms with Crippen LogP contribution < -0.4 is 5.32 Å². The highest BCUT2D eigenvalue weighted by molar-refractivity contribution is 5.70. The molecule has 0 spiro atoms. The third kappa shape index (κ3) is 10.6. The molecule has 0 radical (unpaired) electrons. The Balaban J connectivity index is 1.82. The number of nitrogens with one attached hydrogen (secondary N) is 1. The van der Waals surface area contributed by atoms with Gasteiger partial charge in [-0.15, -0.1) is 0 Å². The number of hydrogen-bond donors (Lipinski definition) is 1. The summed E-state index contributed by atoms with van der Waals surface area (Å²) in [6.07, 6.45) is 2.05. The number of esters is 1. The van der Waals surface area contributed by atoms with Crippen molar-refractivity contribution in [2.24, 2.45) is 0 Å². The second kappa shape index (κ2) is 13.0. The number of hydrogen-bond acceptors (Lipinski definition) is 7. The minimum Gasteiger partial charge on any atom is -0.462 e. The Kier molecular flexibility index (Phi) is 11.3. The zero-order valence-electron chi connectivity index (χ0n) is 12.8. The molecule has 1 rings (SSSR count). The second-order valence-corrected chi connectivity index (χ2v) is 4.70. The molecule has 7 heteroatoms. The van der Waals surface area contributed by atoms with E-state index in [1.807, 2.05) is 0 Å². The van der Waals surface area contributed by atoms with Crippen LogP contribution >= 0.6 is 0 Å². The molecule has 0 saturated carbocycles. The maximum atomic E-state index is 11.4. The zero-order valence-corrected chi connectivity index (χ0v) is 12.8. The zero-order chi connectivity index (χ0) is 15.2. The van der Waals surface area contributed by atoms with E-state index in [9.17, 15) is 4.79 Å². The molecule has 1 aliphatic rings. The summed E-state index contributed by atoms with van der Waals surface area (Å²) in [7, 11) is 1.63. The van der Waals surface area contributed by atoms with E-state index in [0.717, 1.165) is 25.9 Å². The number of ether oxygens (including phenoxy) is 5. The second-order valence-electron chi connectivity index (χ2n) is 4.70. The van der Waals surface area contributed by atoms with Crippen LogP contribution in [0, 0.1) is 0 Å². The Bertz CT molecular complexity index is 258. The maximum absolute atomic E-state index is 11.4. The molecular weight excluding hydrogens is 278 g/mol. The van der Waals surface area contributed by atoms with Crippen LogP contribution in [0.15, 0.2) is 0 Å². The van der Waals surface area contributed by atoms with Crippen molar-refractivity contribution < 1.29 is 28.5 Å². The van der Waals surface area contributed by atoms with Crippen molar-refractivity contribution in [2.45, 2.75) is 18.9 Å². The number of carbonyl (C=O) groups is 1. The van der Waals surface area contributed by atoms with Crippen molar-refractivity contribution in [3.8, 4) is 0 Å². The third-order valence-corrected chi connectivity index (χ3v) is 3.02. The molecule has 1 aliphatic heterocycles. The Morgan fingerprint density at radius 3 is 2.29 bits per heavy atom. The first-order chi connectivity index (χ1) is 10.3. The summed E-state index contributed by atoms with van der Waals surface area (Å²) >= 11 is 0. The third-order valence-electron chi connectivity index (χ3n) is 3.02. The highest BCUT2D eigenvalue weighted by Crippen LogP contribution is 2.06. The van der Waals surface area contributed by atoms with Gasteiger partial charge in [-0.25, -0.2) is 4.79 Å². The Hall–Kier alpha value is -0.730. The highest BCUT2D eigenvalue weighted by atomic mass is 16.6. The minimum atomic E-state index is -0.339. The highest BCUT2D eigenvalue weighted by Gasteiger charge is 2.15. The minimum absolute atomic E-state index is 0.0186. The van der Waals surface area contributed by atoms with E-state index in [1.54, 1.807) is 7.11 Å². The van der Waals surface area contributed by atoms with Gasteiger partial charge in [-0.1, -0.05) is 0 Å². The molecular formula is C14H27NO6. The summed E-state index contributed by atoms with van der Waals surface area (Å²) in [5, 5.41) is 3.24. The number of piperidine rings is 1. The fourth-order valence-electron chi connectivity index (χ4n) is 1.87. The first kappa shape index (κ1) is 18.3. The Morgan fingerprint density at radius 2 is 1.62 bits per heavy atom. The normalized spacial score (nSPS) is 16.0. The van der Waals surface area contributed by atoms with Gasteiger partial charge in [0.1, 0.15) is 13.2 Å². The lowest BCUT2D eigenvalue weighted by Gasteiger charge is -2.22. The van der Waals surface area contributed by atoms with Gasteiger partial charge in [-0.3, -0.25) is 0 Å². The van der Waals surface area contributed by atoms with Gasteiger partial charge >= 0.3 is 5.97 Å². The lowest BCUT2D eigenvalue weighted by Crippen LogP contribution is -2.33. The van der Waals surface area contributed by atoms with Crippen LogP contribution in [0.1, 0.15) is 12.8 Å². The fourth-order valence-corrected chi connectivity index (χ4v) is 1.87. The van der Waals surface area contributed by atoms with Crippen molar-refractivity contribution in [3.05, 3.63) is 0 Å². The van der Waals surface area contributed by atoms with Crippen LogP contribution in [0.2, 0.25) is 0 Å². The smallest absolute Gasteiger partial charge is 0.332 e. The molecule has 0 bridgehead atoms. The van der Waals surface area contributed by atoms with Crippen LogP contribution in [0.25, 0.3) is 0 Å². The van der Waals surface area contributed by atoms with Gasteiger partial charge in [0.15, 0.2) is 0 Å². The van der Waals surface area contributed by atoms with Crippen LogP contribution in [0.5, 0.6) is 0 Å². The fraction of sp³-hybridized carbons (Fsp3) is 0.929. The summed E-state index contributed by atoms with van der Waals surface area (Å²) in [5.74, 6) is -0.339. The van der Waals surface area contributed by atoms with E-state index in [-0.39, 0.29) is 25.3 Å². The van der Waals surface area contributed by atoms with Crippen molar-refractivity contribution in [2.75, 3.05) is 66.4 Å². The van der Waals surface area contributed by atoms with E-state index in [4.69, 9.17) is 23.7 Å². The molecule has 0 amide bonds. The van der Waals surface area contributed by atoms with Gasteiger partial charge < -0.3 is 29.0 Å². The summed E-state index contributed by atoms with van der Waals surface area (Å²) < 4.78 is 25.8.